The van der Waals surface area contributed by atoms with Crippen LogP contribution in [0.3, 0.4) is 0 Å². The van der Waals surface area contributed by atoms with Gasteiger partial charge in [-0.1, -0.05) is 24.1 Å². The summed E-state index contributed by atoms with van der Waals surface area (Å²) in [5, 5.41) is 9.13. The lowest BCUT2D eigenvalue weighted by Gasteiger charge is -2.33. The van der Waals surface area contributed by atoms with Gasteiger partial charge in [-0.3, -0.25) is 9.69 Å². The molecule has 0 aliphatic carbocycles. The zero-order chi connectivity index (χ0) is 15.2. The molecule has 110 valence electrons. The van der Waals surface area contributed by atoms with Crippen LogP contribution in [0.5, 0.6) is 0 Å². The molecule has 5 nitrogen and oxygen atoms in total. The van der Waals surface area contributed by atoms with Gasteiger partial charge >= 0.3 is 5.97 Å². The third-order valence-electron chi connectivity index (χ3n) is 3.63. The molecule has 1 N–H and O–H groups in total. The second-order valence-electron chi connectivity index (χ2n) is 5.00. The van der Waals surface area contributed by atoms with Gasteiger partial charge in [0, 0.05) is 26.2 Å². The minimum Gasteiger partial charge on any atom is -0.478 e. The summed E-state index contributed by atoms with van der Waals surface area (Å²) in [4.78, 5) is 27.3. The van der Waals surface area contributed by atoms with Crippen molar-refractivity contribution in [1.82, 2.24) is 9.80 Å². The minimum absolute atomic E-state index is 0.0379. The summed E-state index contributed by atoms with van der Waals surface area (Å²) >= 11 is 0. The molecule has 0 atom stereocenters. The first-order valence-corrected chi connectivity index (χ1v) is 6.86. The molecule has 21 heavy (non-hydrogen) atoms. The highest BCUT2D eigenvalue weighted by atomic mass is 16.4. The summed E-state index contributed by atoms with van der Waals surface area (Å²) in [6.45, 7) is 3.39. The molecular weight excluding hydrogens is 268 g/mol. The first-order valence-electron chi connectivity index (χ1n) is 6.86. The van der Waals surface area contributed by atoms with Crippen molar-refractivity contribution in [3.63, 3.8) is 0 Å². The lowest BCUT2D eigenvalue weighted by atomic mass is 10.0. The van der Waals surface area contributed by atoms with Gasteiger partial charge in [-0.25, -0.2) is 4.79 Å². The van der Waals surface area contributed by atoms with Crippen LogP contribution in [0.1, 0.15) is 15.9 Å². The van der Waals surface area contributed by atoms with Gasteiger partial charge in [-0.05, 0) is 11.6 Å². The van der Waals surface area contributed by atoms with E-state index in [0.29, 0.717) is 25.2 Å². The maximum absolute atomic E-state index is 12.3. The van der Waals surface area contributed by atoms with Crippen molar-refractivity contribution in [2.45, 2.75) is 6.42 Å². The van der Waals surface area contributed by atoms with Crippen LogP contribution in [0.25, 0.3) is 0 Å². The van der Waals surface area contributed by atoms with Gasteiger partial charge in [-0.15, -0.1) is 6.42 Å². The molecule has 0 saturated carbocycles. The molecule has 1 saturated heterocycles. The van der Waals surface area contributed by atoms with Gasteiger partial charge in [0.25, 0.3) is 0 Å². The first kappa shape index (κ1) is 15.1. The highest BCUT2D eigenvalue weighted by Crippen LogP contribution is 2.12. The van der Waals surface area contributed by atoms with Crippen molar-refractivity contribution in [2.75, 3.05) is 32.7 Å². The van der Waals surface area contributed by atoms with Gasteiger partial charge in [-0.2, -0.15) is 0 Å². The molecule has 0 radical (unpaired) electrons. The van der Waals surface area contributed by atoms with Crippen molar-refractivity contribution in [2.24, 2.45) is 0 Å². The second kappa shape index (κ2) is 6.91. The van der Waals surface area contributed by atoms with Gasteiger partial charge < -0.3 is 10.0 Å². The van der Waals surface area contributed by atoms with Gasteiger partial charge in [0.2, 0.25) is 5.91 Å². The molecule has 1 aromatic carbocycles. The standard InChI is InChI=1S/C16H18N2O3/c1-2-7-17-8-10-18(11-9-17)15(19)12-13-5-3-4-6-14(13)16(20)21/h1,3-6H,7-12H2,(H,20,21). The predicted octanol–water partition coefficient (Wildman–Crippen LogP) is 0.705. The molecule has 1 amide bonds. The number of carboxylic acid groups (broad SMARTS) is 1. The fraction of sp³-hybridized carbons (Fsp3) is 0.375. The van der Waals surface area contributed by atoms with Crippen LogP contribution >= 0.6 is 0 Å². The number of benzene rings is 1. The molecule has 0 unspecified atom stereocenters. The Morgan fingerprint density at radius 1 is 1.19 bits per heavy atom. The number of hydrogen-bond donors (Lipinski definition) is 1. The number of terminal acetylenes is 1. The fourth-order valence-electron chi connectivity index (χ4n) is 2.44. The molecule has 1 aromatic rings. The topological polar surface area (TPSA) is 60.9 Å². The van der Waals surface area contributed by atoms with E-state index in [0.717, 1.165) is 13.1 Å². The van der Waals surface area contributed by atoms with Crippen molar-refractivity contribution in [3.05, 3.63) is 35.4 Å². The van der Waals surface area contributed by atoms with Crippen LogP contribution in [-0.4, -0.2) is 59.5 Å². The second-order valence-corrected chi connectivity index (χ2v) is 5.00. The minimum atomic E-state index is -1.00. The Morgan fingerprint density at radius 2 is 1.86 bits per heavy atom. The summed E-state index contributed by atoms with van der Waals surface area (Å²) < 4.78 is 0. The molecule has 0 bridgehead atoms. The third-order valence-corrected chi connectivity index (χ3v) is 3.63. The number of aromatic carboxylic acids is 1. The maximum Gasteiger partial charge on any atom is 0.335 e. The Bertz CT molecular complexity index is 569. The van der Waals surface area contributed by atoms with E-state index in [1.54, 1.807) is 23.1 Å². The van der Waals surface area contributed by atoms with Gasteiger partial charge in [0.1, 0.15) is 0 Å². The smallest absolute Gasteiger partial charge is 0.335 e. The number of amides is 1. The number of piperazine rings is 1. The van der Waals surface area contributed by atoms with E-state index in [4.69, 9.17) is 11.5 Å². The lowest BCUT2D eigenvalue weighted by Crippen LogP contribution is -2.49. The molecule has 0 spiro atoms. The summed E-state index contributed by atoms with van der Waals surface area (Å²) in [6.07, 6.45) is 5.40. The predicted molar refractivity (Wildman–Crippen MR) is 79.0 cm³/mol. The highest BCUT2D eigenvalue weighted by Gasteiger charge is 2.22. The number of carbonyl (C=O) groups excluding carboxylic acids is 1. The average Bonchev–Trinajstić information content (AvgIpc) is 2.48. The normalized spacial score (nSPS) is 15.5. The first-order chi connectivity index (χ1) is 10.1. The van der Waals surface area contributed by atoms with Crippen molar-refractivity contribution < 1.29 is 14.7 Å². The Kier molecular flexibility index (Phi) is 4.96. The van der Waals surface area contributed by atoms with E-state index in [9.17, 15) is 9.59 Å². The van der Waals surface area contributed by atoms with Crippen LogP contribution < -0.4 is 0 Å². The quantitative estimate of drug-likeness (QED) is 0.828. The zero-order valence-corrected chi connectivity index (χ0v) is 11.8. The molecule has 0 aromatic heterocycles. The van der Waals surface area contributed by atoms with Crippen molar-refractivity contribution >= 4 is 11.9 Å². The number of hydrogen-bond acceptors (Lipinski definition) is 3. The van der Waals surface area contributed by atoms with E-state index in [2.05, 4.69) is 10.8 Å². The van der Waals surface area contributed by atoms with Crippen molar-refractivity contribution in [1.29, 1.82) is 0 Å². The molecule has 1 aliphatic heterocycles. The number of carbonyl (C=O) groups is 2. The molecular formula is C16H18N2O3. The average molecular weight is 286 g/mol. The van der Waals surface area contributed by atoms with Gasteiger partial charge in [0.15, 0.2) is 0 Å². The molecule has 2 rings (SSSR count). The van der Waals surface area contributed by atoms with E-state index in [1.807, 2.05) is 0 Å². The Morgan fingerprint density at radius 3 is 2.48 bits per heavy atom. The number of carboxylic acids is 1. The lowest BCUT2D eigenvalue weighted by molar-refractivity contribution is -0.132. The summed E-state index contributed by atoms with van der Waals surface area (Å²) in [5.41, 5.74) is 0.748. The Labute approximate surface area is 124 Å². The van der Waals surface area contributed by atoms with Crippen LogP contribution in [-0.2, 0) is 11.2 Å². The summed E-state index contributed by atoms with van der Waals surface area (Å²) in [7, 11) is 0. The summed E-state index contributed by atoms with van der Waals surface area (Å²) in [6, 6.07) is 6.63. The monoisotopic (exact) mass is 286 g/mol. The van der Waals surface area contributed by atoms with Gasteiger partial charge in [0.05, 0.1) is 18.5 Å². The van der Waals surface area contributed by atoms with E-state index >= 15 is 0 Å². The fourth-order valence-corrected chi connectivity index (χ4v) is 2.44. The SMILES string of the molecule is C#CCN1CCN(C(=O)Cc2ccccc2C(=O)O)CC1. The van der Waals surface area contributed by atoms with Crippen LogP contribution in [0.15, 0.2) is 24.3 Å². The number of nitrogens with zero attached hydrogens (tertiary/aromatic N) is 2. The Balaban J connectivity index is 1.97. The largest absolute Gasteiger partial charge is 0.478 e. The van der Waals surface area contributed by atoms with Crippen molar-refractivity contribution in [3.8, 4) is 12.3 Å². The van der Waals surface area contributed by atoms with Crippen LogP contribution in [0.4, 0.5) is 0 Å². The number of rotatable bonds is 4. The maximum atomic E-state index is 12.3. The molecule has 5 heteroatoms. The molecule has 1 heterocycles. The molecule has 1 aliphatic rings. The van der Waals surface area contributed by atoms with E-state index < -0.39 is 5.97 Å². The zero-order valence-electron chi connectivity index (χ0n) is 11.8. The highest BCUT2D eigenvalue weighted by molar-refractivity contribution is 5.91. The van der Waals surface area contributed by atoms with Crippen LogP contribution in [0, 0.1) is 12.3 Å². The molecule has 1 fully saturated rings. The Hall–Kier alpha value is -2.32. The third kappa shape index (κ3) is 3.83. The van der Waals surface area contributed by atoms with Crippen LogP contribution in [0.2, 0.25) is 0 Å². The summed E-state index contributed by atoms with van der Waals surface area (Å²) in [5.74, 6) is 1.56. The van der Waals surface area contributed by atoms with E-state index in [-0.39, 0.29) is 17.9 Å². The van der Waals surface area contributed by atoms with E-state index in [1.165, 1.54) is 6.07 Å².